The van der Waals surface area contributed by atoms with Crippen molar-refractivity contribution in [1.29, 1.82) is 0 Å². The fourth-order valence-corrected chi connectivity index (χ4v) is 3.62. The molecule has 28 heavy (non-hydrogen) atoms. The van der Waals surface area contributed by atoms with E-state index in [0.717, 1.165) is 13.6 Å². The zero-order valence-corrected chi connectivity index (χ0v) is 19.2. The second-order valence-electron chi connectivity index (χ2n) is 6.43. The molecule has 0 aliphatic rings. The predicted octanol–water partition coefficient (Wildman–Crippen LogP) is 4.69. The van der Waals surface area contributed by atoms with Crippen LogP contribution in [0.2, 0.25) is 0 Å². The third-order valence-electron chi connectivity index (χ3n) is 3.88. The summed E-state index contributed by atoms with van der Waals surface area (Å²) in [6.45, 7) is 5.29. The SMILES string of the molecule is CC(=O)Oc1ccc(C=Nn2c(C(C)C)nc3ccc(Br)cc3c2=O)cc1I. The van der Waals surface area contributed by atoms with Gasteiger partial charge in [-0.1, -0.05) is 29.8 Å². The van der Waals surface area contributed by atoms with E-state index in [1.807, 2.05) is 32.0 Å². The quantitative estimate of drug-likeness (QED) is 0.203. The number of hydrogen-bond donors (Lipinski definition) is 0. The number of halogens is 2. The van der Waals surface area contributed by atoms with E-state index in [1.165, 1.54) is 11.6 Å². The summed E-state index contributed by atoms with van der Waals surface area (Å²) in [5.41, 5.74) is 1.19. The van der Waals surface area contributed by atoms with Gasteiger partial charge < -0.3 is 4.74 Å². The van der Waals surface area contributed by atoms with Crippen molar-refractivity contribution in [3.63, 3.8) is 0 Å². The van der Waals surface area contributed by atoms with Crippen LogP contribution in [0.5, 0.6) is 5.75 Å². The number of esters is 1. The zero-order valence-electron chi connectivity index (χ0n) is 15.4. The molecule has 3 aromatic rings. The molecular weight excluding hydrogens is 537 g/mol. The molecule has 2 aromatic carbocycles. The van der Waals surface area contributed by atoms with Crippen LogP contribution in [-0.2, 0) is 4.79 Å². The Morgan fingerprint density at radius 2 is 2.04 bits per heavy atom. The molecule has 0 bridgehead atoms. The second kappa shape index (κ2) is 8.52. The molecule has 0 radical (unpaired) electrons. The second-order valence-corrected chi connectivity index (χ2v) is 8.51. The lowest BCUT2D eigenvalue weighted by Crippen LogP contribution is -2.23. The lowest BCUT2D eigenvalue weighted by atomic mass is 10.2. The maximum Gasteiger partial charge on any atom is 0.308 e. The van der Waals surface area contributed by atoms with Crippen molar-refractivity contribution < 1.29 is 9.53 Å². The highest BCUT2D eigenvalue weighted by Crippen LogP contribution is 2.22. The predicted molar refractivity (Wildman–Crippen MR) is 121 cm³/mol. The fraction of sp³-hybridized carbons (Fsp3) is 0.200. The first-order chi connectivity index (χ1) is 13.3. The van der Waals surface area contributed by atoms with E-state index in [2.05, 4.69) is 48.6 Å². The van der Waals surface area contributed by atoms with Crippen molar-refractivity contribution in [2.45, 2.75) is 26.7 Å². The van der Waals surface area contributed by atoms with Crippen LogP contribution in [0.1, 0.15) is 38.1 Å². The highest BCUT2D eigenvalue weighted by atomic mass is 127. The molecule has 3 rings (SSSR count). The summed E-state index contributed by atoms with van der Waals surface area (Å²) < 4.78 is 8.05. The first-order valence-corrected chi connectivity index (χ1v) is 10.4. The van der Waals surface area contributed by atoms with Gasteiger partial charge in [-0.25, -0.2) is 4.98 Å². The lowest BCUT2D eigenvalue weighted by Gasteiger charge is -2.12. The Morgan fingerprint density at radius 1 is 1.29 bits per heavy atom. The van der Waals surface area contributed by atoms with Crippen molar-refractivity contribution in [2.24, 2.45) is 5.10 Å². The molecule has 144 valence electrons. The van der Waals surface area contributed by atoms with Crippen LogP contribution in [0, 0.1) is 3.57 Å². The van der Waals surface area contributed by atoms with Gasteiger partial charge in [-0.05, 0) is 64.6 Å². The van der Waals surface area contributed by atoms with E-state index >= 15 is 0 Å². The third-order valence-corrected chi connectivity index (χ3v) is 5.22. The highest BCUT2D eigenvalue weighted by molar-refractivity contribution is 14.1. The topological polar surface area (TPSA) is 73.5 Å². The fourth-order valence-electron chi connectivity index (χ4n) is 2.61. The molecule has 0 fully saturated rings. The molecule has 0 spiro atoms. The van der Waals surface area contributed by atoms with Gasteiger partial charge in [0.25, 0.3) is 5.56 Å². The molecule has 8 heteroatoms. The molecule has 0 aliphatic carbocycles. The van der Waals surface area contributed by atoms with Gasteiger partial charge in [0.1, 0.15) is 11.6 Å². The van der Waals surface area contributed by atoms with Crippen molar-refractivity contribution in [2.75, 3.05) is 0 Å². The van der Waals surface area contributed by atoms with E-state index in [9.17, 15) is 9.59 Å². The molecule has 6 nitrogen and oxygen atoms in total. The average Bonchev–Trinajstić information content (AvgIpc) is 2.63. The van der Waals surface area contributed by atoms with E-state index in [1.54, 1.807) is 24.4 Å². The third kappa shape index (κ3) is 4.49. The minimum atomic E-state index is -0.374. The van der Waals surface area contributed by atoms with Gasteiger partial charge in [0.05, 0.1) is 20.7 Å². The molecule has 0 unspecified atom stereocenters. The summed E-state index contributed by atoms with van der Waals surface area (Å²) in [6.07, 6.45) is 1.60. The number of nitrogens with zero attached hydrogens (tertiary/aromatic N) is 3. The summed E-state index contributed by atoms with van der Waals surface area (Å²) in [6, 6.07) is 10.7. The monoisotopic (exact) mass is 553 g/mol. The van der Waals surface area contributed by atoms with Crippen molar-refractivity contribution in [1.82, 2.24) is 9.66 Å². The van der Waals surface area contributed by atoms with Crippen LogP contribution >= 0.6 is 38.5 Å². The summed E-state index contributed by atoms with van der Waals surface area (Å²) in [4.78, 5) is 28.8. The largest absolute Gasteiger partial charge is 0.426 e. The molecule has 0 amide bonds. The average molecular weight is 554 g/mol. The van der Waals surface area contributed by atoms with Crippen LogP contribution in [0.25, 0.3) is 10.9 Å². The molecule has 1 heterocycles. The maximum absolute atomic E-state index is 13.0. The number of benzene rings is 2. The molecule has 0 atom stereocenters. The normalized spacial score (nSPS) is 11.5. The molecule has 1 aromatic heterocycles. The van der Waals surface area contributed by atoms with Gasteiger partial charge >= 0.3 is 5.97 Å². The van der Waals surface area contributed by atoms with Crippen LogP contribution in [-0.4, -0.2) is 21.8 Å². The Morgan fingerprint density at radius 3 is 2.68 bits per heavy atom. The van der Waals surface area contributed by atoms with Crippen molar-refractivity contribution >= 4 is 61.6 Å². The van der Waals surface area contributed by atoms with E-state index in [4.69, 9.17) is 4.74 Å². The molecule has 0 aliphatic heterocycles. The van der Waals surface area contributed by atoms with Gasteiger partial charge in [-0.15, -0.1) is 0 Å². The van der Waals surface area contributed by atoms with Crippen molar-refractivity contribution in [3.8, 4) is 5.75 Å². The van der Waals surface area contributed by atoms with E-state index in [-0.39, 0.29) is 17.4 Å². The number of ether oxygens (including phenoxy) is 1. The standard InChI is InChI=1S/C20H17BrIN3O3/c1-11(2)19-24-17-6-5-14(21)9-15(17)20(27)25(19)23-10-13-4-7-18(16(22)8-13)28-12(3)26/h4-11H,1-3H3. The molecule has 0 saturated heterocycles. The summed E-state index contributed by atoms with van der Waals surface area (Å²) >= 11 is 5.48. The lowest BCUT2D eigenvalue weighted by molar-refractivity contribution is -0.131. The Balaban J connectivity index is 2.07. The summed E-state index contributed by atoms with van der Waals surface area (Å²) in [7, 11) is 0. The summed E-state index contributed by atoms with van der Waals surface area (Å²) in [5, 5.41) is 4.90. The van der Waals surface area contributed by atoms with Crippen LogP contribution in [0.15, 0.2) is 50.8 Å². The first-order valence-electron chi connectivity index (χ1n) is 8.51. The number of carbonyl (C=O) groups excluding carboxylic acids is 1. The molecular formula is C20H17BrIN3O3. The first kappa shape index (κ1) is 20.7. The number of carbonyl (C=O) groups is 1. The van der Waals surface area contributed by atoms with Crippen molar-refractivity contribution in [3.05, 3.63) is 66.2 Å². The Hall–Kier alpha value is -2.07. The Labute approximate surface area is 183 Å². The smallest absolute Gasteiger partial charge is 0.308 e. The maximum atomic E-state index is 13.0. The number of aromatic nitrogens is 2. The zero-order chi connectivity index (χ0) is 20.4. The van der Waals surface area contributed by atoms with Crippen LogP contribution in [0.3, 0.4) is 0 Å². The number of rotatable bonds is 4. The van der Waals surface area contributed by atoms with Gasteiger partial charge in [-0.2, -0.15) is 9.78 Å². The van der Waals surface area contributed by atoms with E-state index in [0.29, 0.717) is 22.5 Å². The van der Waals surface area contributed by atoms with Crippen LogP contribution < -0.4 is 10.3 Å². The van der Waals surface area contributed by atoms with E-state index < -0.39 is 0 Å². The Kier molecular flexibility index (Phi) is 6.29. The molecule has 0 N–H and O–H groups in total. The Bertz CT molecular complexity index is 1160. The number of hydrogen-bond acceptors (Lipinski definition) is 5. The molecule has 0 saturated carbocycles. The highest BCUT2D eigenvalue weighted by Gasteiger charge is 2.14. The van der Waals surface area contributed by atoms with Gasteiger partial charge in [0, 0.05) is 17.3 Å². The number of fused-ring (bicyclic) bond motifs is 1. The minimum absolute atomic E-state index is 0.0179. The van der Waals surface area contributed by atoms with Gasteiger partial charge in [0.2, 0.25) is 0 Å². The van der Waals surface area contributed by atoms with Gasteiger partial charge in [0.15, 0.2) is 0 Å². The van der Waals surface area contributed by atoms with Gasteiger partial charge in [-0.3, -0.25) is 9.59 Å². The van der Waals surface area contributed by atoms with Crippen LogP contribution in [0.4, 0.5) is 0 Å². The minimum Gasteiger partial charge on any atom is -0.426 e. The summed E-state index contributed by atoms with van der Waals surface area (Å²) in [5.74, 6) is 0.718.